The number of morpholine rings is 1. The number of aryl methyl sites for hydroxylation is 1. The molecule has 0 aliphatic carbocycles. The van der Waals surface area contributed by atoms with Crippen molar-refractivity contribution >= 4 is 11.6 Å². The second-order valence-electron chi connectivity index (χ2n) is 6.76. The van der Waals surface area contributed by atoms with Crippen LogP contribution in [0.2, 0.25) is 5.02 Å². The van der Waals surface area contributed by atoms with E-state index in [1.165, 1.54) is 11.6 Å². The van der Waals surface area contributed by atoms with Crippen LogP contribution < -0.4 is 9.47 Å². The van der Waals surface area contributed by atoms with Crippen LogP contribution in [0.3, 0.4) is 0 Å². The van der Waals surface area contributed by atoms with Crippen molar-refractivity contribution in [3.63, 3.8) is 0 Å². The minimum atomic E-state index is -0.370. The molecule has 0 aromatic heterocycles. The molecule has 0 atom stereocenters. The van der Waals surface area contributed by atoms with E-state index in [4.69, 9.17) is 25.8 Å². The molecule has 2 aromatic carbocycles. The number of hydrogen-bond acceptors (Lipinski definition) is 4. The molecule has 28 heavy (non-hydrogen) atoms. The third kappa shape index (κ3) is 5.84. The Bertz CT molecular complexity index is 745. The topological polar surface area (TPSA) is 30.9 Å². The smallest absolute Gasteiger partial charge is 0.161 e. The summed E-state index contributed by atoms with van der Waals surface area (Å²) in [6.45, 7) is 7.26. The lowest BCUT2D eigenvalue weighted by Crippen LogP contribution is -2.36. The summed E-state index contributed by atoms with van der Waals surface area (Å²) in [7, 11) is 0. The Hall–Kier alpha value is -1.82. The molecule has 3 rings (SSSR count). The second-order valence-corrected chi connectivity index (χ2v) is 7.17. The fourth-order valence-electron chi connectivity index (χ4n) is 3.25. The van der Waals surface area contributed by atoms with Gasteiger partial charge in [0.05, 0.1) is 24.8 Å². The van der Waals surface area contributed by atoms with Crippen LogP contribution in [0.15, 0.2) is 36.4 Å². The zero-order valence-electron chi connectivity index (χ0n) is 16.3. The average Bonchev–Trinajstić information content (AvgIpc) is 2.70. The molecule has 2 aromatic rings. The maximum atomic E-state index is 14.0. The van der Waals surface area contributed by atoms with Crippen LogP contribution in [0.5, 0.6) is 11.5 Å². The Labute approximate surface area is 171 Å². The van der Waals surface area contributed by atoms with Crippen LogP contribution in [-0.2, 0) is 17.8 Å². The summed E-state index contributed by atoms with van der Waals surface area (Å²) in [4.78, 5) is 2.43. The van der Waals surface area contributed by atoms with Crippen LogP contribution in [0.4, 0.5) is 4.39 Å². The molecule has 4 nitrogen and oxygen atoms in total. The molecule has 1 aliphatic heterocycles. The first-order valence-corrected chi connectivity index (χ1v) is 10.2. The standard InChI is InChI=1S/C22H27ClFNO3/c1-2-27-22-15-17(5-4-10-25-11-13-26-14-12-25)8-9-21(22)28-16-18-19(23)6-3-7-20(18)24/h3,6-9,15H,2,4-5,10-14,16H2,1H3. The van der Waals surface area contributed by atoms with Gasteiger partial charge in [0.25, 0.3) is 0 Å². The zero-order valence-corrected chi connectivity index (χ0v) is 17.0. The quantitative estimate of drug-likeness (QED) is 0.601. The maximum absolute atomic E-state index is 14.0. The van der Waals surface area contributed by atoms with Crippen LogP contribution >= 0.6 is 11.6 Å². The molecule has 152 valence electrons. The average molecular weight is 408 g/mol. The van der Waals surface area contributed by atoms with Crippen molar-refractivity contribution in [1.82, 2.24) is 4.90 Å². The molecule has 1 fully saturated rings. The third-order valence-electron chi connectivity index (χ3n) is 4.79. The molecule has 6 heteroatoms. The highest BCUT2D eigenvalue weighted by Gasteiger charge is 2.12. The molecule has 1 heterocycles. The Balaban J connectivity index is 1.60. The van der Waals surface area contributed by atoms with Crippen molar-refractivity contribution in [1.29, 1.82) is 0 Å². The van der Waals surface area contributed by atoms with E-state index >= 15 is 0 Å². The number of benzene rings is 2. The lowest BCUT2D eigenvalue weighted by Gasteiger charge is -2.26. The molecular formula is C22H27ClFNO3. The van der Waals surface area contributed by atoms with Crippen LogP contribution in [-0.4, -0.2) is 44.4 Å². The van der Waals surface area contributed by atoms with Crippen LogP contribution in [0, 0.1) is 5.82 Å². The lowest BCUT2D eigenvalue weighted by molar-refractivity contribution is 0.0374. The maximum Gasteiger partial charge on any atom is 0.161 e. The van der Waals surface area contributed by atoms with Crippen molar-refractivity contribution in [2.45, 2.75) is 26.4 Å². The highest BCUT2D eigenvalue weighted by atomic mass is 35.5. The molecule has 0 radical (unpaired) electrons. The highest BCUT2D eigenvalue weighted by Crippen LogP contribution is 2.31. The van der Waals surface area contributed by atoms with Crippen molar-refractivity contribution in [3.8, 4) is 11.5 Å². The predicted octanol–water partition coefficient (Wildman–Crippen LogP) is 4.72. The first kappa shape index (κ1) is 20.9. The third-order valence-corrected chi connectivity index (χ3v) is 5.14. The number of rotatable bonds is 9. The molecule has 0 saturated carbocycles. The van der Waals surface area contributed by atoms with Gasteiger partial charge in [0.1, 0.15) is 12.4 Å². The number of halogens is 2. The fourth-order valence-corrected chi connectivity index (χ4v) is 3.46. The van der Waals surface area contributed by atoms with Gasteiger partial charge in [0.2, 0.25) is 0 Å². The van der Waals surface area contributed by atoms with Gasteiger partial charge in [-0.1, -0.05) is 23.7 Å². The van der Waals surface area contributed by atoms with Gasteiger partial charge < -0.3 is 14.2 Å². The molecule has 0 spiro atoms. The Morgan fingerprint density at radius 1 is 1.11 bits per heavy atom. The van der Waals surface area contributed by atoms with E-state index in [0.29, 0.717) is 28.7 Å². The molecule has 0 amide bonds. The number of nitrogens with zero attached hydrogens (tertiary/aromatic N) is 1. The van der Waals surface area contributed by atoms with Gasteiger partial charge in [-0.05, 0) is 56.1 Å². The minimum Gasteiger partial charge on any atom is -0.490 e. The minimum absolute atomic E-state index is 0.0575. The van der Waals surface area contributed by atoms with Crippen molar-refractivity contribution < 1.29 is 18.6 Å². The van der Waals surface area contributed by atoms with Gasteiger partial charge in [-0.25, -0.2) is 4.39 Å². The SMILES string of the molecule is CCOc1cc(CCCN2CCOCC2)ccc1OCc1c(F)cccc1Cl. The van der Waals surface area contributed by atoms with Crippen LogP contribution in [0.25, 0.3) is 0 Å². The Kier molecular flexibility index (Phi) is 7.95. The molecule has 0 bridgehead atoms. The molecule has 1 saturated heterocycles. The number of hydrogen-bond donors (Lipinski definition) is 0. The monoisotopic (exact) mass is 407 g/mol. The van der Waals surface area contributed by atoms with Crippen molar-refractivity contribution in [3.05, 3.63) is 58.4 Å². The van der Waals surface area contributed by atoms with Gasteiger partial charge in [-0.15, -0.1) is 0 Å². The summed E-state index contributed by atoms with van der Waals surface area (Å²) >= 11 is 6.08. The van der Waals surface area contributed by atoms with Gasteiger partial charge >= 0.3 is 0 Å². The van der Waals surface area contributed by atoms with E-state index in [9.17, 15) is 4.39 Å². The van der Waals surface area contributed by atoms with Gasteiger partial charge in [0.15, 0.2) is 11.5 Å². The van der Waals surface area contributed by atoms with Crippen molar-refractivity contribution in [2.24, 2.45) is 0 Å². The van der Waals surface area contributed by atoms with Gasteiger partial charge in [-0.3, -0.25) is 4.90 Å². The van der Waals surface area contributed by atoms with E-state index in [1.54, 1.807) is 12.1 Å². The summed E-state index contributed by atoms with van der Waals surface area (Å²) < 4.78 is 30.9. The van der Waals surface area contributed by atoms with E-state index in [-0.39, 0.29) is 12.4 Å². The Morgan fingerprint density at radius 3 is 2.68 bits per heavy atom. The summed E-state index contributed by atoms with van der Waals surface area (Å²) in [5.41, 5.74) is 1.55. The van der Waals surface area contributed by atoms with Gasteiger partial charge in [-0.2, -0.15) is 0 Å². The predicted molar refractivity (Wildman–Crippen MR) is 109 cm³/mol. The summed E-state index contributed by atoms with van der Waals surface area (Å²) in [5.74, 6) is 0.905. The second kappa shape index (κ2) is 10.6. The first-order valence-electron chi connectivity index (χ1n) is 9.79. The first-order chi connectivity index (χ1) is 13.7. The van der Waals surface area contributed by atoms with E-state index in [1.807, 2.05) is 25.1 Å². The fraction of sp³-hybridized carbons (Fsp3) is 0.455. The Morgan fingerprint density at radius 2 is 1.93 bits per heavy atom. The molecular weight excluding hydrogens is 381 g/mol. The zero-order chi connectivity index (χ0) is 19.8. The highest BCUT2D eigenvalue weighted by molar-refractivity contribution is 6.31. The normalized spacial score (nSPS) is 14.8. The molecule has 0 N–H and O–H groups in total. The summed E-state index contributed by atoms with van der Waals surface area (Å²) in [5, 5.41) is 0.359. The van der Waals surface area contributed by atoms with Gasteiger partial charge in [0, 0.05) is 18.7 Å². The van der Waals surface area contributed by atoms with Crippen LogP contribution in [0.1, 0.15) is 24.5 Å². The van der Waals surface area contributed by atoms with E-state index < -0.39 is 0 Å². The number of ether oxygens (including phenoxy) is 3. The van der Waals surface area contributed by atoms with Crippen molar-refractivity contribution in [2.75, 3.05) is 39.5 Å². The lowest BCUT2D eigenvalue weighted by atomic mass is 10.1. The van der Waals surface area contributed by atoms with E-state index in [2.05, 4.69) is 4.90 Å². The summed E-state index contributed by atoms with van der Waals surface area (Å²) in [6, 6.07) is 10.6. The summed E-state index contributed by atoms with van der Waals surface area (Å²) in [6.07, 6.45) is 2.05. The molecule has 0 unspecified atom stereocenters. The van der Waals surface area contributed by atoms with E-state index in [0.717, 1.165) is 45.7 Å². The largest absolute Gasteiger partial charge is 0.490 e. The molecule has 1 aliphatic rings.